The van der Waals surface area contributed by atoms with Gasteiger partial charge in [0, 0.05) is 15.8 Å². The number of hydrogen-bond donors (Lipinski definition) is 1. The molecule has 1 heterocycles. The first kappa shape index (κ1) is 19.3. The van der Waals surface area contributed by atoms with Crippen LogP contribution in [0.25, 0.3) is 11.3 Å². The van der Waals surface area contributed by atoms with Gasteiger partial charge in [0.15, 0.2) is 16.6 Å². The Hall–Kier alpha value is -2.51. The maximum absolute atomic E-state index is 12.2. The summed E-state index contributed by atoms with van der Waals surface area (Å²) in [7, 11) is 3.20. The molecule has 0 aliphatic heterocycles. The standard InChI is InChI=1S/C20H20N2O3S2/c1-13-6-4-5-7-18(13)26-12-19(23)22-20-21-15(11-27-20)14-8-9-16(24-2)17(10-14)25-3/h4-11H,12H2,1-3H3,(H,21,22,23). The maximum Gasteiger partial charge on any atom is 0.236 e. The van der Waals surface area contributed by atoms with Crippen LogP contribution < -0.4 is 14.8 Å². The zero-order valence-electron chi connectivity index (χ0n) is 15.3. The molecule has 0 unspecified atom stereocenters. The highest BCUT2D eigenvalue weighted by molar-refractivity contribution is 8.00. The average molecular weight is 401 g/mol. The highest BCUT2D eigenvalue weighted by Crippen LogP contribution is 2.33. The normalized spacial score (nSPS) is 10.5. The topological polar surface area (TPSA) is 60.5 Å². The van der Waals surface area contributed by atoms with Crippen LogP contribution >= 0.6 is 23.1 Å². The molecular weight excluding hydrogens is 380 g/mol. The van der Waals surface area contributed by atoms with Crippen LogP contribution in [0.15, 0.2) is 52.7 Å². The second-order valence-electron chi connectivity index (χ2n) is 5.71. The fourth-order valence-corrected chi connectivity index (χ4v) is 4.04. The van der Waals surface area contributed by atoms with Gasteiger partial charge in [0.05, 0.1) is 25.7 Å². The summed E-state index contributed by atoms with van der Waals surface area (Å²) in [4.78, 5) is 17.8. The zero-order valence-corrected chi connectivity index (χ0v) is 16.9. The third-order valence-corrected chi connectivity index (χ3v) is 5.82. The minimum atomic E-state index is -0.0727. The molecule has 140 valence electrons. The number of hydrogen-bond acceptors (Lipinski definition) is 6. The summed E-state index contributed by atoms with van der Waals surface area (Å²) in [5.41, 5.74) is 2.85. The number of rotatable bonds is 7. The van der Waals surface area contributed by atoms with E-state index >= 15 is 0 Å². The Balaban J connectivity index is 1.64. The highest BCUT2D eigenvalue weighted by Gasteiger charge is 2.11. The predicted molar refractivity (Wildman–Crippen MR) is 111 cm³/mol. The number of carbonyl (C=O) groups is 1. The maximum atomic E-state index is 12.2. The van der Waals surface area contributed by atoms with Crippen molar-refractivity contribution in [2.45, 2.75) is 11.8 Å². The Labute approximate surface area is 166 Å². The molecule has 0 aliphatic carbocycles. The smallest absolute Gasteiger partial charge is 0.236 e. The molecule has 1 N–H and O–H groups in total. The van der Waals surface area contributed by atoms with Gasteiger partial charge in [-0.3, -0.25) is 4.79 Å². The molecule has 1 aromatic heterocycles. The van der Waals surface area contributed by atoms with Crippen molar-refractivity contribution in [3.8, 4) is 22.8 Å². The van der Waals surface area contributed by atoms with Crippen molar-refractivity contribution < 1.29 is 14.3 Å². The van der Waals surface area contributed by atoms with E-state index in [2.05, 4.69) is 10.3 Å². The highest BCUT2D eigenvalue weighted by atomic mass is 32.2. The largest absolute Gasteiger partial charge is 0.493 e. The Morgan fingerprint density at radius 2 is 1.93 bits per heavy atom. The van der Waals surface area contributed by atoms with Gasteiger partial charge in [-0.05, 0) is 36.8 Å². The number of thioether (sulfide) groups is 1. The summed E-state index contributed by atoms with van der Waals surface area (Å²) in [6.45, 7) is 2.04. The second-order valence-corrected chi connectivity index (χ2v) is 7.59. The van der Waals surface area contributed by atoms with Gasteiger partial charge in [0.1, 0.15) is 0 Å². The Bertz CT molecular complexity index is 940. The van der Waals surface area contributed by atoms with Crippen LogP contribution in [0.1, 0.15) is 5.56 Å². The summed E-state index contributed by atoms with van der Waals surface area (Å²) >= 11 is 2.92. The van der Waals surface area contributed by atoms with Gasteiger partial charge in [-0.25, -0.2) is 4.98 Å². The van der Waals surface area contributed by atoms with Crippen LogP contribution in [-0.4, -0.2) is 30.9 Å². The first-order valence-corrected chi connectivity index (χ1v) is 10.1. The lowest BCUT2D eigenvalue weighted by Gasteiger charge is -2.08. The molecule has 0 radical (unpaired) electrons. The van der Waals surface area contributed by atoms with E-state index in [1.54, 1.807) is 14.2 Å². The molecule has 27 heavy (non-hydrogen) atoms. The number of amides is 1. The van der Waals surface area contributed by atoms with Gasteiger partial charge < -0.3 is 14.8 Å². The third-order valence-electron chi connectivity index (χ3n) is 3.88. The van der Waals surface area contributed by atoms with Crippen molar-refractivity contribution in [2.75, 3.05) is 25.3 Å². The van der Waals surface area contributed by atoms with Crippen LogP contribution in [0.3, 0.4) is 0 Å². The Kier molecular flexibility index (Phi) is 6.36. The van der Waals surface area contributed by atoms with Crippen LogP contribution in [-0.2, 0) is 4.79 Å². The minimum absolute atomic E-state index is 0.0727. The van der Waals surface area contributed by atoms with E-state index in [1.165, 1.54) is 28.7 Å². The van der Waals surface area contributed by atoms with Gasteiger partial charge in [0.25, 0.3) is 0 Å². The molecule has 0 saturated carbocycles. The first-order valence-electron chi connectivity index (χ1n) is 8.27. The number of thiazole rings is 1. The molecule has 0 atom stereocenters. The molecule has 0 aliphatic rings. The molecule has 0 fully saturated rings. The summed E-state index contributed by atoms with van der Waals surface area (Å²) in [5.74, 6) is 1.58. The quantitative estimate of drug-likeness (QED) is 0.574. The zero-order chi connectivity index (χ0) is 19.2. The number of carbonyl (C=O) groups excluding carboxylic acids is 1. The molecule has 5 nitrogen and oxygen atoms in total. The number of nitrogens with zero attached hydrogens (tertiary/aromatic N) is 1. The van der Waals surface area contributed by atoms with E-state index in [4.69, 9.17) is 9.47 Å². The van der Waals surface area contributed by atoms with E-state index in [-0.39, 0.29) is 5.91 Å². The van der Waals surface area contributed by atoms with E-state index in [0.717, 1.165) is 16.2 Å². The Morgan fingerprint density at radius 1 is 1.15 bits per heavy atom. The van der Waals surface area contributed by atoms with Gasteiger partial charge in [-0.2, -0.15) is 0 Å². The van der Waals surface area contributed by atoms with Gasteiger partial charge in [-0.1, -0.05) is 18.2 Å². The minimum Gasteiger partial charge on any atom is -0.493 e. The monoisotopic (exact) mass is 400 g/mol. The summed E-state index contributed by atoms with van der Waals surface area (Å²) < 4.78 is 10.6. The van der Waals surface area contributed by atoms with Crippen molar-refractivity contribution >= 4 is 34.1 Å². The fourth-order valence-electron chi connectivity index (χ4n) is 2.48. The number of methoxy groups -OCH3 is 2. The van der Waals surface area contributed by atoms with E-state index in [9.17, 15) is 4.79 Å². The molecule has 1 amide bonds. The van der Waals surface area contributed by atoms with E-state index < -0.39 is 0 Å². The van der Waals surface area contributed by atoms with Gasteiger partial charge in [0.2, 0.25) is 5.91 Å². The van der Waals surface area contributed by atoms with Crippen LogP contribution in [0.4, 0.5) is 5.13 Å². The molecule has 3 rings (SSSR count). The van der Waals surface area contributed by atoms with Gasteiger partial charge >= 0.3 is 0 Å². The Morgan fingerprint density at radius 3 is 2.67 bits per heavy atom. The summed E-state index contributed by atoms with van der Waals surface area (Å²) in [5, 5.41) is 5.35. The SMILES string of the molecule is COc1ccc(-c2csc(NC(=O)CSc3ccccc3C)n2)cc1OC. The summed E-state index contributed by atoms with van der Waals surface area (Å²) in [6.07, 6.45) is 0. The number of aromatic nitrogens is 1. The van der Waals surface area contributed by atoms with Crippen molar-refractivity contribution in [1.29, 1.82) is 0 Å². The number of aryl methyl sites for hydroxylation is 1. The van der Waals surface area contributed by atoms with Crippen LogP contribution in [0.5, 0.6) is 11.5 Å². The van der Waals surface area contributed by atoms with Crippen molar-refractivity contribution in [3.05, 3.63) is 53.4 Å². The molecule has 7 heteroatoms. The number of benzene rings is 2. The number of ether oxygens (including phenoxy) is 2. The van der Waals surface area contributed by atoms with E-state index in [1.807, 2.05) is 54.8 Å². The molecule has 0 spiro atoms. The lowest BCUT2D eigenvalue weighted by Crippen LogP contribution is -2.13. The second kappa shape index (κ2) is 8.92. The number of nitrogens with one attached hydrogen (secondary N) is 1. The molecular formula is C20H20N2O3S2. The molecule has 0 saturated heterocycles. The molecule has 2 aromatic carbocycles. The molecule has 3 aromatic rings. The van der Waals surface area contributed by atoms with Crippen molar-refractivity contribution in [1.82, 2.24) is 4.98 Å². The third kappa shape index (κ3) is 4.81. The van der Waals surface area contributed by atoms with E-state index in [0.29, 0.717) is 22.4 Å². The van der Waals surface area contributed by atoms with Crippen molar-refractivity contribution in [3.63, 3.8) is 0 Å². The first-order chi connectivity index (χ1) is 13.1. The lowest BCUT2D eigenvalue weighted by atomic mass is 10.1. The average Bonchev–Trinajstić information content (AvgIpc) is 3.15. The predicted octanol–water partition coefficient (Wildman–Crippen LogP) is 4.87. The number of anilines is 1. The lowest BCUT2D eigenvalue weighted by molar-refractivity contribution is -0.113. The van der Waals surface area contributed by atoms with Gasteiger partial charge in [-0.15, -0.1) is 23.1 Å². The van der Waals surface area contributed by atoms with Crippen LogP contribution in [0, 0.1) is 6.92 Å². The van der Waals surface area contributed by atoms with Crippen LogP contribution in [0.2, 0.25) is 0 Å². The summed E-state index contributed by atoms with van der Waals surface area (Å²) in [6, 6.07) is 13.6. The fraction of sp³-hybridized carbons (Fsp3) is 0.200. The van der Waals surface area contributed by atoms with Crippen molar-refractivity contribution in [2.24, 2.45) is 0 Å². The molecule has 0 bridgehead atoms.